The number of nitriles is 1. The maximum atomic E-state index is 13.0. The van der Waals surface area contributed by atoms with Crippen LogP contribution in [0.3, 0.4) is 0 Å². The quantitative estimate of drug-likeness (QED) is 0.863. The first-order valence-corrected chi connectivity index (χ1v) is 4.90. The van der Waals surface area contributed by atoms with Crippen molar-refractivity contribution < 1.29 is 26.7 Å². The monoisotopic (exact) mass is 278 g/mol. The molecule has 0 bridgehead atoms. The second-order valence-corrected chi connectivity index (χ2v) is 3.54. The average Bonchev–Trinajstić information content (AvgIpc) is 2.28. The molecule has 0 aromatic heterocycles. The summed E-state index contributed by atoms with van der Waals surface area (Å²) in [6, 6.07) is 4.74. The maximum Gasteiger partial charge on any atom is 0.458 e. The number of rotatable bonds is 3. The van der Waals surface area contributed by atoms with E-state index >= 15 is 0 Å². The van der Waals surface area contributed by atoms with Crippen LogP contribution in [0.25, 0.3) is 0 Å². The molecule has 1 N–H and O–H groups in total. The Morgan fingerprint density at radius 2 is 1.89 bits per heavy atom. The average molecular weight is 278 g/mol. The molecule has 102 valence electrons. The first-order valence-electron chi connectivity index (χ1n) is 4.90. The van der Waals surface area contributed by atoms with Crippen LogP contribution in [-0.4, -0.2) is 12.1 Å². The number of benzene rings is 1. The zero-order chi connectivity index (χ0) is 14.7. The lowest BCUT2D eigenvalue weighted by Gasteiger charge is -2.20. The SMILES string of the molecule is N#CCC(=O)Nc1cccc(C(F)(F)C(F)(F)F)c1. The van der Waals surface area contributed by atoms with Crippen LogP contribution in [0.15, 0.2) is 24.3 Å². The Morgan fingerprint density at radius 1 is 1.26 bits per heavy atom. The number of carbonyl (C=O) groups is 1. The Labute approximate surface area is 104 Å². The molecule has 0 saturated carbocycles. The van der Waals surface area contributed by atoms with Crippen molar-refractivity contribution in [2.75, 3.05) is 5.32 Å². The predicted octanol–water partition coefficient (Wildman–Crippen LogP) is 3.19. The normalized spacial score (nSPS) is 11.8. The first kappa shape index (κ1) is 14.9. The topological polar surface area (TPSA) is 52.9 Å². The lowest BCUT2D eigenvalue weighted by atomic mass is 10.1. The van der Waals surface area contributed by atoms with Crippen molar-refractivity contribution in [1.82, 2.24) is 0 Å². The number of nitrogens with zero attached hydrogens (tertiary/aromatic N) is 1. The van der Waals surface area contributed by atoms with Crippen LogP contribution in [0, 0.1) is 11.3 Å². The van der Waals surface area contributed by atoms with Crippen molar-refractivity contribution >= 4 is 11.6 Å². The second-order valence-electron chi connectivity index (χ2n) is 3.54. The van der Waals surface area contributed by atoms with Crippen molar-refractivity contribution in [3.8, 4) is 6.07 Å². The molecule has 8 heteroatoms. The highest BCUT2D eigenvalue weighted by Crippen LogP contribution is 2.44. The van der Waals surface area contributed by atoms with Crippen molar-refractivity contribution in [3.05, 3.63) is 29.8 Å². The highest BCUT2D eigenvalue weighted by molar-refractivity contribution is 5.92. The fourth-order valence-electron chi connectivity index (χ4n) is 1.23. The molecule has 1 aromatic rings. The summed E-state index contributed by atoms with van der Waals surface area (Å²) in [7, 11) is 0. The van der Waals surface area contributed by atoms with Crippen molar-refractivity contribution in [2.24, 2.45) is 0 Å². The third-order valence-electron chi connectivity index (χ3n) is 2.10. The fourth-order valence-corrected chi connectivity index (χ4v) is 1.23. The zero-order valence-electron chi connectivity index (χ0n) is 9.26. The molecule has 0 saturated heterocycles. The summed E-state index contributed by atoms with van der Waals surface area (Å²) in [6.45, 7) is 0. The fraction of sp³-hybridized carbons (Fsp3) is 0.273. The number of anilines is 1. The first-order chi connectivity index (χ1) is 8.68. The van der Waals surface area contributed by atoms with E-state index in [0.717, 1.165) is 12.1 Å². The van der Waals surface area contributed by atoms with E-state index in [-0.39, 0.29) is 5.69 Å². The molecule has 0 heterocycles. The minimum absolute atomic E-state index is 0.235. The summed E-state index contributed by atoms with van der Waals surface area (Å²) >= 11 is 0. The van der Waals surface area contributed by atoms with E-state index in [1.54, 1.807) is 0 Å². The van der Waals surface area contributed by atoms with Gasteiger partial charge in [0.1, 0.15) is 6.42 Å². The van der Waals surface area contributed by atoms with Crippen LogP contribution in [0.2, 0.25) is 0 Å². The number of amides is 1. The Morgan fingerprint density at radius 3 is 2.42 bits per heavy atom. The van der Waals surface area contributed by atoms with Crippen LogP contribution < -0.4 is 5.32 Å². The van der Waals surface area contributed by atoms with Crippen molar-refractivity contribution in [1.29, 1.82) is 5.26 Å². The van der Waals surface area contributed by atoms with Gasteiger partial charge in [0, 0.05) is 11.3 Å². The minimum Gasteiger partial charge on any atom is -0.325 e. The summed E-state index contributed by atoms with van der Waals surface area (Å²) in [5.41, 5.74) is -1.52. The molecular formula is C11H7F5N2O. The molecule has 0 aliphatic heterocycles. The number of halogens is 5. The highest BCUT2D eigenvalue weighted by Gasteiger charge is 2.58. The van der Waals surface area contributed by atoms with Crippen LogP contribution in [0.1, 0.15) is 12.0 Å². The van der Waals surface area contributed by atoms with Gasteiger partial charge in [-0.1, -0.05) is 12.1 Å². The van der Waals surface area contributed by atoms with E-state index in [1.807, 2.05) is 5.32 Å². The smallest absolute Gasteiger partial charge is 0.325 e. The molecule has 19 heavy (non-hydrogen) atoms. The van der Waals surface area contributed by atoms with Gasteiger partial charge in [-0.25, -0.2) is 0 Å². The molecule has 3 nitrogen and oxygen atoms in total. The molecule has 0 fully saturated rings. The summed E-state index contributed by atoms with van der Waals surface area (Å²) in [4.78, 5) is 11.0. The Balaban J connectivity index is 3.02. The van der Waals surface area contributed by atoms with Gasteiger partial charge in [-0.3, -0.25) is 4.79 Å². The Kier molecular flexibility index (Phi) is 4.09. The number of hydrogen-bond acceptors (Lipinski definition) is 2. The third-order valence-corrected chi connectivity index (χ3v) is 2.10. The number of alkyl halides is 5. The van der Waals surface area contributed by atoms with Crippen LogP contribution in [-0.2, 0) is 10.7 Å². The van der Waals surface area contributed by atoms with Gasteiger partial charge in [0.2, 0.25) is 5.91 Å². The van der Waals surface area contributed by atoms with Crippen molar-refractivity contribution in [3.63, 3.8) is 0 Å². The Hall–Kier alpha value is -2.17. The number of nitrogens with one attached hydrogen (secondary N) is 1. The molecule has 1 amide bonds. The van der Waals surface area contributed by atoms with Crippen LogP contribution >= 0.6 is 0 Å². The molecule has 0 unspecified atom stereocenters. The van der Waals surface area contributed by atoms with E-state index in [1.165, 1.54) is 6.07 Å². The van der Waals surface area contributed by atoms with Gasteiger partial charge in [-0.15, -0.1) is 0 Å². The molecule has 0 aliphatic carbocycles. The highest BCUT2D eigenvalue weighted by atomic mass is 19.4. The zero-order valence-corrected chi connectivity index (χ0v) is 9.26. The largest absolute Gasteiger partial charge is 0.458 e. The maximum absolute atomic E-state index is 13.0. The van der Waals surface area contributed by atoms with Crippen molar-refractivity contribution in [2.45, 2.75) is 18.5 Å². The van der Waals surface area contributed by atoms with Gasteiger partial charge in [0.25, 0.3) is 0 Å². The van der Waals surface area contributed by atoms with E-state index < -0.39 is 30.0 Å². The van der Waals surface area contributed by atoms with Crippen LogP contribution in [0.5, 0.6) is 0 Å². The van der Waals surface area contributed by atoms with Crippen LogP contribution in [0.4, 0.5) is 27.6 Å². The Bertz CT molecular complexity index is 519. The second kappa shape index (κ2) is 5.22. The molecule has 1 aromatic carbocycles. The molecule has 0 atom stereocenters. The van der Waals surface area contributed by atoms with E-state index in [9.17, 15) is 26.7 Å². The molecule has 0 aliphatic rings. The molecule has 0 spiro atoms. The number of carbonyl (C=O) groups excluding carboxylic acids is 1. The van der Waals surface area contributed by atoms with E-state index in [2.05, 4.69) is 0 Å². The summed E-state index contributed by atoms with van der Waals surface area (Å²) in [5.74, 6) is -5.81. The third kappa shape index (κ3) is 3.40. The number of hydrogen-bond donors (Lipinski definition) is 1. The summed E-state index contributed by atoms with van der Waals surface area (Å²) < 4.78 is 62.5. The van der Waals surface area contributed by atoms with Gasteiger partial charge >= 0.3 is 12.1 Å². The van der Waals surface area contributed by atoms with Gasteiger partial charge in [0.15, 0.2) is 0 Å². The van der Waals surface area contributed by atoms with Gasteiger partial charge in [0.05, 0.1) is 6.07 Å². The van der Waals surface area contributed by atoms with Gasteiger partial charge in [-0.2, -0.15) is 27.2 Å². The van der Waals surface area contributed by atoms with E-state index in [0.29, 0.717) is 12.1 Å². The van der Waals surface area contributed by atoms with E-state index in [4.69, 9.17) is 5.26 Å². The predicted molar refractivity (Wildman–Crippen MR) is 55.3 cm³/mol. The summed E-state index contributed by atoms with van der Waals surface area (Å²) in [5, 5.41) is 10.3. The standard InChI is InChI=1S/C11H7F5N2O/c12-10(13,11(14,15)16)7-2-1-3-8(6-7)18-9(19)4-5-17/h1-3,6H,4H2,(H,18,19). The molecule has 1 rings (SSSR count). The van der Waals surface area contributed by atoms with Gasteiger partial charge in [-0.05, 0) is 12.1 Å². The minimum atomic E-state index is -5.72. The summed E-state index contributed by atoms with van der Waals surface area (Å²) in [6.07, 6.45) is -6.25. The molecular weight excluding hydrogens is 271 g/mol. The van der Waals surface area contributed by atoms with Gasteiger partial charge < -0.3 is 5.32 Å². The molecule has 0 radical (unpaired) electrons. The lowest BCUT2D eigenvalue weighted by molar-refractivity contribution is -0.289. The lowest BCUT2D eigenvalue weighted by Crippen LogP contribution is -2.33.